The van der Waals surface area contributed by atoms with Crippen molar-refractivity contribution in [3.8, 4) is 11.3 Å². The van der Waals surface area contributed by atoms with Crippen molar-refractivity contribution < 1.29 is 9.50 Å². The molecule has 0 bridgehead atoms. The van der Waals surface area contributed by atoms with Gasteiger partial charge < -0.3 is 9.67 Å². The summed E-state index contributed by atoms with van der Waals surface area (Å²) in [6.45, 7) is 6.32. The smallest absolute Gasteiger partial charge is 0.276 e. The van der Waals surface area contributed by atoms with Crippen LogP contribution in [-0.4, -0.2) is 19.5 Å². The van der Waals surface area contributed by atoms with Gasteiger partial charge in [0.25, 0.3) is 5.56 Å². The third kappa shape index (κ3) is 4.22. The van der Waals surface area contributed by atoms with Crippen molar-refractivity contribution in [2.45, 2.75) is 39.8 Å². The zero-order valence-electron chi connectivity index (χ0n) is 21.0. The molecule has 1 atom stereocenters. The number of halogens is 1. The van der Waals surface area contributed by atoms with Gasteiger partial charge in [-0.1, -0.05) is 62.4 Å². The van der Waals surface area contributed by atoms with Crippen LogP contribution in [0.3, 0.4) is 0 Å². The Morgan fingerprint density at radius 1 is 1.00 bits per heavy atom. The van der Waals surface area contributed by atoms with Crippen LogP contribution in [0.2, 0.25) is 0 Å². The fourth-order valence-electron chi connectivity index (χ4n) is 4.98. The van der Waals surface area contributed by atoms with Crippen molar-refractivity contribution in [1.82, 2.24) is 14.3 Å². The molecule has 184 valence electrons. The maximum absolute atomic E-state index is 15.4. The first kappa shape index (κ1) is 23.9. The standard InChI is InChI=1S/C30H30FN3O2/c1-18(2)14-27-25-17-34(16-22-10-7-9-20-8-5-6-11-23(20)22)29(28(25)30(36)33(4)32-27)24-15-21(19(3)35)12-13-26(24)31/h5-13,15,17-19,35H,14,16H2,1-4H3. The van der Waals surface area contributed by atoms with Gasteiger partial charge in [-0.05, 0) is 53.3 Å². The number of fused-ring (bicyclic) bond motifs is 2. The summed E-state index contributed by atoms with van der Waals surface area (Å²) in [5.41, 5.74) is 2.99. The summed E-state index contributed by atoms with van der Waals surface area (Å²) < 4.78 is 18.7. The van der Waals surface area contributed by atoms with Gasteiger partial charge in [0.15, 0.2) is 0 Å². The molecular weight excluding hydrogens is 453 g/mol. The maximum Gasteiger partial charge on any atom is 0.276 e. The van der Waals surface area contributed by atoms with Crippen LogP contribution in [0.25, 0.3) is 32.8 Å². The highest BCUT2D eigenvalue weighted by Crippen LogP contribution is 2.35. The molecule has 1 unspecified atom stereocenters. The normalized spacial score (nSPS) is 12.6. The summed E-state index contributed by atoms with van der Waals surface area (Å²) in [7, 11) is 1.64. The molecule has 0 amide bonds. The molecule has 0 fully saturated rings. The summed E-state index contributed by atoms with van der Waals surface area (Å²) in [6, 6.07) is 18.9. The Hall–Kier alpha value is -3.77. The highest BCUT2D eigenvalue weighted by Gasteiger charge is 2.23. The van der Waals surface area contributed by atoms with Crippen LogP contribution in [0.15, 0.2) is 71.7 Å². The molecule has 0 aliphatic heterocycles. The molecule has 0 radical (unpaired) electrons. The minimum Gasteiger partial charge on any atom is -0.389 e. The van der Waals surface area contributed by atoms with Crippen molar-refractivity contribution in [2.24, 2.45) is 13.0 Å². The van der Waals surface area contributed by atoms with Crippen LogP contribution < -0.4 is 5.56 Å². The van der Waals surface area contributed by atoms with Crippen molar-refractivity contribution >= 4 is 21.5 Å². The van der Waals surface area contributed by atoms with Gasteiger partial charge in [-0.3, -0.25) is 4.79 Å². The Morgan fingerprint density at radius 2 is 1.75 bits per heavy atom. The second kappa shape index (κ2) is 9.36. The Bertz CT molecular complexity index is 1640. The zero-order valence-corrected chi connectivity index (χ0v) is 21.0. The van der Waals surface area contributed by atoms with E-state index in [2.05, 4.69) is 43.2 Å². The van der Waals surface area contributed by atoms with Crippen molar-refractivity contribution in [3.63, 3.8) is 0 Å². The van der Waals surface area contributed by atoms with Crippen LogP contribution in [0, 0.1) is 11.7 Å². The average molecular weight is 484 g/mol. The Kier molecular flexibility index (Phi) is 6.22. The largest absolute Gasteiger partial charge is 0.389 e. The molecular formula is C30H30FN3O2. The second-order valence-corrected chi connectivity index (χ2v) is 9.92. The number of aliphatic hydroxyl groups is 1. The van der Waals surface area contributed by atoms with E-state index < -0.39 is 11.9 Å². The molecule has 2 heterocycles. The van der Waals surface area contributed by atoms with Gasteiger partial charge in [0.2, 0.25) is 0 Å². The van der Waals surface area contributed by atoms with Gasteiger partial charge in [0, 0.05) is 30.7 Å². The SMILES string of the molecule is CC(C)Cc1nn(C)c(=O)c2c(-c3cc(C(C)O)ccc3F)n(Cc3cccc4ccccc34)cc12. The Morgan fingerprint density at radius 3 is 2.50 bits per heavy atom. The van der Waals surface area contributed by atoms with Crippen LogP contribution in [0.1, 0.15) is 43.7 Å². The topological polar surface area (TPSA) is 60.1 Å². The molecule has 1 N–H and O–H groups in total. The highest BCUT2D eigenvalue weighted by atomic mass is 19.1. The van der Waals surface area contributed by atoms with Crippen LogP contribution in [0.5, 0.6) is 0 Å². The number of benzene rings is 3. The van der Waals surface area contributed by atoms with Gasteiger partial charge in [-0.15, -0.1) is 0 Å². The summed E-state index contributed by atoms with van der Waals surface area (Å²) in [4.78, 5) is 13.5. The van der Waals surface area contributed by atoms with Crippen LogP contribution >= 0.6 is 0 Å². The first-order valence-corrected chi connectivity index (χ1v) is 12.3. The number of rotatable bonds is 6. The van der Waals surface area contributed by atoms with Gasteiger partial charge in [-0.2, -0.15) is 5.10 Å². The van der Waals surface area contributed by atoms with E-state index in [1.54, 1.807) is 26.1 Å². The van der Waals surface area contributed by atoms with Gasteiger partial charge in [-0.25, -0.2) is 9.07 Å². The van der Waals surface area contributed by atoms with Crippen LogP contribution in [0.4, 0.5) is 4.39 Å². The number of aromatic nitrogens is 3. The predicted molar refractivity (Wildman–Crippen MR) is 143 cm³/mol. The maximum atomic E-state index is 15.4. The molecule has 36 heavy (non-hydrogen) atoms. The monoisotopic (exact) mass is 483 g/mol. The molecule has 3 aromatic carbocycles. The molecule has 5 aromatic rings. The van der Waals surface area contributed by atoms with E-state index >= 15 is 4.39 Å². The molecule has 2 aromatic heterocycles. The third-order valence-corrected chi connectivity index (χ3v) is 6.72. The molecule has 0 spiro atoms. The van der Waals surface area contributed by atoms with E-state index in [-0.39, 0.29) is 5.56 Å². The van der Waals surface area contributed by atoms with Gasteiger partial charge in [0.1, 0.15) is 5.82 Å². The number of aliphatic hydroxyl groups excluding tert-OH is 1. The Balaban J connectivity index is 1.84. The van der Waals surface area contributed by atoms with E-state index in [9.17, 15) is 9.90 Å². The first-order chi connectivity index (χ1) is 17.2. The van der Waals surface area contributed by atoms with E-state index in [0.29, 0.717) is 41.1 Å². The summed E-state index contributed by atoms with van der Waals surface area (Å²) >= 11 is 0. The molecule has 0 saturated carbocycles. The average Bonchev–Trinajstić information content (AvgIpc) is 3.22. The van der Waals surface area contributed by atoms with Gasteiger partial charge >= 0.3 is 0 Å². The quantitative estimate of drug-likeness (QED) is 0.323. The lowest BCUT2D eigenvalue weighted by Crippen LogP contribution is -2.22. The summed E-state index contributed by atoms with van der Waals surface area (Å²) in [6.07, 6.45) is 1.86. The highest BCUT2D eigenvalue weighted by molar-refractivity contribution is 5.97. The lowest BCUT2D eigenvalue weighted by Gasteiger charge is -2.14. The fourth-order valence-corrected chi connectivity index (χ4v) is 4.98. The molecule has 0 aliphatic rings. The zero-order chi connectivity index (χ0) is 25.6. The second-order valence-electron chi connectivity index (χ2n) is 9.92. The van der Waals surface area contributed by atoms with Crippen molar-refractivity contribution in [1.29, 1.82) is 0 Å². The van der Waals surface area contributed by atoms with Crippen LogP contribution in [-0.2, 0) is 20.0 Å². The first-order valence-electron chi connectivity index (χ1n) is 12.3. The summed E-state index contributed by atoms with van der Waals surface area (Å²) in [5.74, 6) is -0.110. The van der Waals surface area contributed by atoms with Crippen molar-refractivity contribution in [3.05, 3.63) is 99.9 Å². The van der Waals surface area contributed by atoms with E-state index in [0.717, 1.165) is 27.4 Å². The van der Waals surface area contributed by atoms with E-state index in [4.69, 9.17) is 0 Å². The number of hydrogen-bond acceptors (Lipinski definition) is 3. The lowest BCUT2D eigenvalue weighted by atomic mass is 10.0. The number of nitrogens with zero attached hydrogens (tertiary/aromatic N) is 3. The molecule has 0 aliphatic carbocycles. The number of aryl methyl sites for hydroxylation is 1. The summed E-state index contributed by atoms with van der Waals surface area (Å²) in [5, 5.41) is 18.2. The van der Waals surface area contributed by atoms with Gasteiger partial charge in [0.05, 0.1) is 22.9 Å². The van der Waals surface area contributed by atoms with E-state index in [1.807, 2.05) is 29.0 Å². The molecule has 5 rings (SSSR count). The number of hydrogen-bond donors (Lipinski definition) is 1. The van der Waals surface area contributed by atoms with E-state index in [1.165, 1.54) is 10.7 Å². The Labute approximate surface area is 209 Å². The fraction of sp³-hybridized carbons (Fsp3) is 0.267. The third-order valence-electron chi connectivity index (χ3n) is 6.72. The predicted octanol–water partition coefficient (Wildman–Crippen LogP) is 5.99. The lowest BCUT2D eigenvalue weighted by molar-refractivity contribution is 0.199. The molecule has 6 heteroatoms. The minimum absolute atomic E-state index is 0.272. The molecule has 0 saturated heterocycles. The molecule has 5 nitrogen and oxygen atoms in total. The minimum atomic E-state index is -0.766. The van der Waals surface area contributed by atoms with Crippen molar-refractivity contribution in [2.75, 3.05) is 0 Å².